The van der Waals surface area contributed by atoms with Crippen molar-refractivity contribution in [2.45, 2.75) is 32.4 Å². The van der Waals surface area contributed by atoms with Crippen molar-refractivity contribution in [3.05, 3.63) is 29.8 Å². The first kappa shape index (κ1) is 16.5. The molecule has 0 saturated heterocycles. The number of benzene rings is 1. The summed E-state index contributed by atoms with van der Waals surface area (Å²) in [4.78, 5) is 12.1. The molecular formula is C15H23NO4. The van der Waals surface area contributed by atoms with Crippen molar-refractivity contribution in [1.82, 2.24) is 5.32 Å². The molecule has 0 aromatic heterocycles. The van der Waals surface area contributed by atoms with E-state index in [1.165, 1.54) is 0 Å². The number of carbonyl (C=O) groups excluding carboxylic acids is 1. The van der Waals surface area contributed by atoms with E-state index in [0.29, 0.717) is 24.5 Å². The van der Waals surface area contributed by atoms with Crippen molar-refractivity contribution in [3.63, 3.8) is 0 Å². The molecule has 0 fully saturated rings. The number of amides is 1. The van der Waals surface area contributed by atoms with E-state index >= 15 is 0 Å². The van der Waals surface area contributed by atoms with Gasteiger partial charge in [-0.25, -0.2) is 0 Å². The fourth-order valence-corrected chi connectivity index (χ4v) is 1.44. The summed E-state index contributed by atoms with van der Waals surface area (Å²) in [7, 11) is 1.60. The highest BCUT2D eigenvalue weighted by molar-refractivity contribution is 5.95. The van der Waals surface area contributed by atoms with Crippen LogP contribution in [-0.4, -0.2) is 43.0 Å². The van der Waals surface area contributed by atoms with Crippen LogP contribution in [0.4, 0.5) is 0 Å². The second kappa shape index (κ2) is 7.26. The van der Waals surface area contributed by atoms with E-state index in [2.05, 4.69) is 5.32 Å². The van der Waals surface area contributed by atoms with Gasteiger partial charge in [-0.1, -0.05) is 6.07 Å². The zero-order chi connectivity index (χ0) is 15.2. The van der Waals surface area contributed by atoms with Crippen molar-refractivity contribution >= 4 is 5.91 Å². The van der Waals surface area contributed by atoms with Gasteiger partial charge in [0.15, 0.2) is 0 Å². The summed E-state index contributed by atoms with van der Waals surface area (Å²) in [6.07, 6.45) is -0.646. The summed E-state index contributed by atoms with van der Waals surface area (Å²) in [6.45, 7) is 6.11. The molecule has 5 heteroatoms. The average Bonchev–Trinajstić information content (AvgIpc) is 2.38. The van der Waals surface area contributed by atoms with Crippen LogP contribution >= 0.6 is 0 Å². The van der Waals surface area contributed by atoms with Crippen LogP contribution < -0.4 is 10.1 Å². The van der Waals surface area contributed by atoms with Gasteiger partial charge in [-0.3, -0.25) is 4.79 Å². The van der Waals surface area contributed by atoms with Crippen LogP contribution in [0, 0.1) is 0 Å². The molecule has 0 bridgehead atoms. The first-order chi connectivity index (χ1) is 9.36. The molecule has 1 aromatic carbocycles. The Bertz CT molecular complexity index is 443. The van der Waals surface area contributed by atoms with Gasteiger partial charge in [0.25, 0.3) is 5.91 Å². The minimum Gasteiger partial charge on any atom is -0.491 e. The van der Waals surface area contributed by atoms with Crippen molar-refractivity contribution in [1.29, 1.82) is 0 Å². The van der Waals surface area contributed by atoms with Gasteiger partial charge < -0.3 is 19.9 Å². The molecule has 112 valence electrons. The van der Waals surface area contributed by atoms with Crippen molar-refractivity contribution in [2.24, 2.45) is 0 Å². The molecule has 1 amide bonds. The summed E-state index contributed by atoms with van der Waals surface area (Å²) in [5.74, 6) is 0.373. The zero-order valence-corrected chi connectivity index (χ0v) is 12.5. The minimum atomic E-state index is -0.690. The van der Waals surface area contributed by atoms with Crippen molar-refractivity contribution in [3.8, 4) is 5.75 Å². The van der Waals surface area contributed by atoms with Crippen molar-refractivity contribution < 1.29 is 19.4 Å². The molecule has 20 heavy (non-hydrogen) atoms. The van der Waals surface area contributed by atoms with Gasteiger partial charge in [-0.15, -0.1) is 0 Å². The van der Waals surface area contributed by atoms with Crippen LogP contribution in [0.15, 0.2) is 24.3 Å². The van der Waals surface area contributed by atoms with E-state index in [1.807, 2.05) is 0 Å². The Morgan fingerprint density at radius 2 is 2.10 bits per heavy atom. The van der Waals surface area contributed by atoms with Crippen LogP contribution in [0.25, 0.3) is 0 Å². The number of rotatable bonds is 7. The summed E-state index contributed by atoms with van der Waals surface area (Å²) >= 11 is 0. The van der Waals surface area contributed by atoms with E-state index in [4.69, 9.17) is 9.47 Å². The van der Waals surface area contributed by atoms with Gasteiger partial charge in [0.05, 0.1) is 18.2 Å². The van der Waals surface area contributed by atoms with E-state index in [-0.39, 0.29) is 5.91 Å². The third kappa shape index (κ3) is 4.83. The van der Waals surface area contributed by atoms with Gasteiger partial charge in [0, 0.05) is 12.7 Å². The van der Waals surface area contributed by atoms with Crippen LogP contribution in [0.2, 0.25) is 0 Å². The smallest absolute Gasteiger partial charge is 0.251 e. The maximum atomic E-state index is 12.1. The Morgan fingerprint density at radius 3 is 2.70 bits per heavy atom. The predicted octanol–water partition coefficient (Wildman–Crippen LogP) is 1.60. The zero-order valence-electron chi connectivity index (χ0n) is 12.5. The predicted molar refractivity (Wildman–Crippen MR) is 77.0 cm³/mol. The van der Waals surface area contributed by atoms with Gasteiger partial charge in [0.1, 0.15) is 12.4 Å². The average molecular weight is 281 g/mol. The lowest BCUT2D eigenvalue weighted by Crippen LogP contribution is -2.50. The standard InChI is InChI=1S/C15H23NO4/c1-11(17)15(2,3)16-14(18)12-6-5-7-13(10-12)20-9-8-19-4/h5-7,10-11,17H,8-9H2,1-4H3,(H,16,18). The fraction of sp³-hybridized carbons (Fsp3) is 0.533. The molecule has 0 radical (unpaired) electrons. The van der Waals surface area contributed by atoms with Gasteiger partial charge in [-0.2, -0.15) is 0 Å². The van der Waals surface area contributed by atoms with E-state index in [9.17, 15) is 9.90 Å². The summed E-state index contributed by atoms with van der Waals surface area (Å²) in [5, 5.41) is 12.4. The maximum Gasteiger partial charge on any atom is 0.251 e. The Balaban J connectivity index is 2.71. The SMILES string of the molecule is COCCOc1cccc(C(=O)NC(C)(C)C(C)O)c1. The Morgan fingerprint density at radius 1 is 1.40 bits per heavy atom. The van der Waals surface area contributed by atoms with E-state index in [1.54, 1.807) is 52.1 Å². The highest BCUT2D eigenvalue weighted by atomic mass is 16.5. The number of hydrogen-bond acceptors (Lipinski definition) is 4. The summed E-state index contributed by atoms with van der Waals surface area (Å²) in [6, 6.07) is 6.92. The fourth-order valence-electron chi connectivity index (χ4n) is 1.44. The number of carbonyl (C=O) groups is 1. The van der Waals surface area contributed by atoms with Crippen molar-refractivity contribution in [2.75, 3.05) is 20.3 Å². The first-order valence-corrected chi connectivity index (χ1v) is 6.59. The summed E-state index contributed by atoms with van der Waals surface area (Å²) in [5.41, 5.74) is -0.196. The third-order valence-corrected chi connectivity index (χ3v) is 3.13. The Hall–Kier alpha value is -1.59. The second-order valence-corrected chi connectivity index (χ2v) is 5.22. The molecule has 1 rings (SSSR count). The molecule has 0 heterocycles. The lowest BCUT2D eigenvalue weighted by atomic mass is 9.98. The van der Waals surface area contributed by atoms with Crippen LogP contribution in [-0.2, 0) is 4.74 Å². The molecule has 0 saturated carbocycles. The lowest BCUT2D eigenvalue weighted by molar-refractivity contribution is 0.0709. The molecular weight excluding hydrogens is 258 g/mol. The van der Waals surface area contributed by atoms with Gasteiger partial charge in [0.2, 0.25) is 0 Å². The highest BCUT2D eigenvalue weighted by Crippen LogP contribution is 2.15. The van der Waals surface area contributed by atoms with Crippen LogP contribution in [0.5, 0.6) is 5.75 Å². The quantitative estimate of drug-likeness (QED) is 0.745. The highest BCUT2D eigenvalue weighted by Gasteiger charge is 2.26. The molecule has 0 aliphatic rings. The molecule has 1 atom stereocenters. The minimum absolute atomic E-state index is 0.243. The van der Waals surface area contributed by atoms with Gasteiger partial charge in [-0.05, 0) is 39.0 Å². The number of aliphatic hydroxyl groups is 1. The third-order valence-electron chi connectivity index (χ3n) is 3.13. The lowest BCUT2D eigenvalue weighted by Gasteiger charge is -2.29. The molecule has 0 aliphatic heterocycles. The molecule has 1 unspecified atom stereocenters. The largest absolute Gasteiger partial charge is 0.491 e. The first-order valence-electron chi connectivity index (χ1n) is 6.59. The molecule has 1 aromatic rings. The normalized spacial score (nSPS) is 12.8. The summed E-state index contributed by atoms with van der Waals surface area (Å²) < 4.78 is 10.4. The maximum absolute atomic E-state index is 12.1. The number of methoxy groups -OCH3 is 1. The second-order valence-electron chi connectivity index (χ2n) is 5.22. The molecule has 5 nitrogen and oxygen atoms in total. The Labute approximate surface area is 119 Å². The molecule has 0 spiro atoms. The number of aliphatic hydroxyl groups excluding tert-OH is 1. The van der Waals surface area contributed by atoms with E-state index in [0.717, 1.165) is 0 Å². The Kier molecular flexibility index (Phi) is 5.98. The topological polar surface area (TPSA) is 67.8 Å². The molecule has 2 N–H and O–H groups in total. The number of hydrogen-bond donors (Lipinski definition) is 2. The van der Waals surface area contributed by atoms with Gasteiger partial charge >= 0.3 is 0 Å². The number of nitrogens with one attached hydrogen (secondary N) is 1. The monoisotopic (exact) mass is 281 g/mol. The molecule has 0 aliphatic carbocycles. The number of ether oxygens (including phenoxy) is 2. The van der Waals surface area contributed by atoms with E-state index < -0.39 is 11.6 Å². The van der Waals surface area contributed by atoms with Crippen LogP contribution in [0.1, 0.15) is 31.1 Å². The van der Waals surface area contributed by atoms with Crippen LogP contribution in [0.3, 0.4) is 0 Å².